The number of esters is 1. The van der Waals surface area contributed by atoms with E-state index < -0.39 is 0 Å². The standard InChI is InChI=1S/C11H19N3O3/c1-3-4-5-9(11(15)16-2)12-7-6-10-13-8-17-14-10/h8-9,12H,3-7H2,1-2H3. The summed E-state index contributed by atoms with van der Waals surface area (Å²) in [5, 5.41) is 6.85. The minimum Gasteiger partial charge on any atom is -0.468 e. The molecule has 17 heavy (non-hydrogen) atoms. The SMILES string of the molecule is CCCCC(NCCc1ncon1)C(=O)OC. The van der Waals surface area contributed by atoms with E-state index in [1.807, 2.05) is 0 Å². The summed E-state index contributed by atoms with van der Waals surface area (Å²) in [6.45, 7) is 2.72. The Labute approximate surface area is 101 Å². The van der Waals surface area contributed by atoms with E-state index in [2.05, 4.69) is 26.9 Å². The molecule has 0 saturated carbocycles. The maximum atomic E-state index is 11.5. The summed E-state index contributed by atoms with van der Waals surface area (Å²) < 4.78 is 9.37. The normalized spacial score (nSPS) is 12.4. The van der Waals surface area contributed by atoms with Crippen molar-refractivity contribution in [1.29, 1.82) is 0 Å². The first-order valence-electron chi connectivity index (χ1n) is 5.84. The topological polar surface area (TPSA) is 77.3 Å². The van der Waals surface area contributed by atoms with Crippen LogP contribution < -0.4 is 5.32 Å². The minimum atomic E-state index is -0.244. The van der Waals surface area contributed by atoms with Gasteiger partial charge in [-0.05, 0) is 6.42 Å². The van der Waals surface area contributed by atoms with Gasteiger partial charge in [0.05, 0.1) is 7.11 Å². The Kier molecular flexibility index (Phi) is 6.24. The second kappa shape index (κ2) is 7.78. The molecule has 1 N–H and O–H groups in total. The highest BCUT2D eigenvalue weighted by atomic mass is 16.5. The van der Waals surface area contributed by atoms with Gasteiger partial charge in [-0.1, -0.05) is 24.9 Å². The van der Waals surface area contributed by atoms with Crippen LogP contribution in [0, 0.1) is 0 Å². The number of hydrogen-bond acceptors (Lipinski definition) is 6. The van der Waals surface area contributed by atoms with Crippen molar-refractivity contribution in [2.24, 2.45) is 0 Å². The average molecular weight is 241 g/mol. The van der Waals surface area contributed by atoms with Gasteiger partial charge < -0.3 is 14.6 Å². The summed E-state index contributed by atoms with van der Waals surface area (Å²) in [6.07, 6.45) is 4.77. The fourth-order valence-corrected chi connectivity index (χ4v) is 1.51. The lowest BCUT2D eigenvalue weighted by Crippen LogP contribution is -2.38. The minimum absolute atomic E-state index is 0.216. The highest BCUT2D eigenvalue weighted by molar-refractivity contribution is 5.75. The lowest BCUT2D eigenvalue weighted by molar-refractivity contribution is -0.143. The van der Waals surface area contributed by atoms with Gasteiger partial charge in [0, 0.05) is 13.0 Å². The number of nitrogens with one attached hydrogen (secondary N) is 1. The van der Waals surface area contributed by atoms with Crippen molar-refractivity contribution < 1.29 is 14.1 Å². The Morgan fingerprint density at radius 3 is 3.06 bits per heavy atom. The first-order chi connectivity index (χ1) is 8.27. The lowest BCUT2D eigenvalue weighted by atomic mass is 10.1. The molecule has 0 aliphatic heterocycles. The van der Waals surface area contributed by atoms with Crippen LogP contribution in [0.4, 0.5) is 0 Å². The van der Waals surface area contributed by atoms with Crippen LogP contribution in [0.3, 0.4) is 0 Å². The molecular weight excluding hydrogens is 222 g/mol. The molecule has 1 aromatic heterocycles. The highest BCUT2D eigenvalue weighted by Crippen LogP contribution is 2.02. The number of nitrogens with zero attached hydrogens (tertiary/aromatic N) is 2. The lowest BCUT2D eigenvalue weighted by Gasteiger charge is -2.15. The quantitative estimate of drug-likeness (QED) is 0.682. The molecular formula is C11H19N3O3. The number of hydrogen-bond donors (Lipinski definition) is 1. The van der Waals surface area contributed by atoms with Crippen LogP contribution in [0.15, 0.2) is 10.9 Å². The Bertz CT molecular complexity index is 314. The maximum absolute atomic E-state index is 11.5. The monoisotopic (exact) mass is 241 g/mol. The molecule has 0 fully saturated rings. The zero-order valence-corrected chi connectivity index (χ0v) is 10.3. The van der Waals surface area contributed by atoms with Crippen LogP contribution in [0.1, 0.15) is 32.0 Å². The Hall–Kier alpha value is -1.43. The van der Waals surface area contributed by atoms with Crippen molar-refractivity contribution in [3.63, 3.8) is 0 Å². The summed E-state index contributed by atoms with van der Waals surface area (Å²) in [5.41, 5.74) is 0. The van der Waals surface area contributed by atoms with E-state index >= 15 is 0 Å². The first kappa shape index (κ1) is 13.6. The van der Waals surface area contributed by atoms with Crippen LogP contribution >= 0.6 is 0 Å². The number of ether oxygens (including phenoxy) is 1. The van der Waals surface area contributed by atoms with Crippen molar-refractivity contribution in [2.75, 3.05) is 13.7 Å². The predicted octanol–water partition coefficient (Wildman–Crippen LogP) is 0.933. The van der Waals surface area contributed by atoms with E-state index in [4.69, 9.17) is 4.74 Å². The molecule has 0 amide bonds. The van der Waals surface area contributed by atoms with Crippen molar-refractivity contribution in [3.05, 3.63) is 12.2 Å². The smallest absolute Gasteiger partial charge is 0.322 e. The van der Waals surface area contributed by atoms with E-state index in [0.29, 0.717) is 18.8 Å². The molecule has 0 radical (unpaired) electrons. The number of rotatable bonds is 8. The molecule has 1 atom stereocenters. The fraction of sp³-hybridized carbons (Fsp3) is 0.727. The van der Waals surface area contributed by atoms with Crippen molar-refractivity contribution in [3.8, 4) is 0 Å². The molecule has 1 unspecified atom stereocenters. The summed E-state index contributed by atoms with van der Waals surface area (Å²) in [5.74, 6) is 0.420. The van der Waals surface area contributed by atoms with Crippen molar-refractivity contribution >= 4 is 5.97 Å². The number of carbonyl (C=O) groups excluding carboxylic acids is 1. The molecule has 0 aromatic carbocycles. The Balaban J connectivity index is 2.30. The van der Waals surface area contributed by atoms with Crippen LogP contribution in [-0.2, 0) is 16.0 Å². The molecule has 0 bridgehead atoms. The van der Waals surface area contributed by atoms with Gasteiger partial charge >= 0.3 is 5.97 Å². The van der Waals surface area contributed by atoms with Crippen molar-refractivity contribution in [2.45, 2.75) is 38.6 Å². The number of methoxy groups -OCH3 is 1. The van der Waals surface area contributed by atoms with Gasteiger partial charge in [0.25, 0.3) is 0 Å². The van der Waals surface area contributed by atoms with E-state index in [-0.39, 0.29) is 12.0 Å². The molecule has 96 valence electrons. The largest absolute Gasteiger partial charge is 0.468 e. The fourth-order valence-electron chi connectivity index (χ4n) is 1.51. The molecule has 0 spiro atoms. The molecule has 0 aliphatic carbocycles. The molecule has 1 rings (SSSR count). The van der Waals surface area contributed by atoms with Crippen LogP contribution in [0.25, 0.3) is 0 Å². The van der Waals surface area contributed by atoms with Gasteiger partial charge in [-0.15, -0.1) is 0 Å². The highest BCUT2D eigenvalue weighted by Gasteiger charge is 2.17. The van der Waals surface area contributed by atoms with Gasteiger partial charge in [-0.3, -0.25) is 4.79 Å². The predicted molar refractivity (Wildman–Crippen MR) is 61.3 cm³/mol. The number of unbranched alkanes of at least 4 members (excludes halogenated alkanes) is 1. The summed E-state index contributed by atoms with van der Waals surface area (Å²) >= 11 is 0. The van der Waals surface area contributed by atoms with Gasteiger partial charge in [-0.25, -0.2) is 0 Å². The Morgan fingerprint density at radius 1 is 1.65 bits per heavy atom. The van der Waals surface area contributed by atoms with Gasteiger partial charge in [0.1, 0.15) is 6.04 Å². The average Bonchev–Trinajstić information content (AvgIpc) is 2.85. The van der Waals surface area contributed by atoms with Gasteiger partial charge in [0.15, 0.2) is 5.82 Å². The number of aromatic nitrogens is 2. The molecule has 0 aliphatic rings. The summed E-state index contributed by atoms with van der Waals surface area (Å²) in [7, 11) is 1.40. The molecule has 1 aromatic rings. The van der Waals surface area contributed by atoms with Gasteiger partial charge in [-0.2, -0.15) is 4.98 Å². The van der Waals surface area contributed by atoms with Crippen LogP contribution in [0.2, 0.25) is 0 Å². The summed E-state index contributed by atoms with van der Waals surface area (Å²) in [4.78, 5) is 15.4. The van der Waals surface area contributed by atoms with Crippen LogP contribution in [-0.4, -0.2) is 35.8 Å². The zero-order chi connectivity index (χ0) is 12.5. The molecule has 1 heterocycles. The second-order valence-corrected chi connectivity index (χ2v) is 3.77. The molecule has 6 heteroatoms. The molecule has 6 nitrogen and oxygen atoms in total. The van der Waals surface area contributed by atoms with E-state index in [9.17, 15) is 4.79 Å². The van der Waals surface area contributed by atoms with Crippen LogP contribution in [0.5, 0.6) is 0 Å². The van der Waals surface area contributed by atoms with E-state index in [0.717, 1.165) is 19.3 Å². The van der Waals surface area contributed by atoms with E-state index in [1.54, 1.807) is 0 Å². The first-order valence-corrected chi connectivity index (χ1v) is 5.84. The van der Waals surface area contributed by atoms with Gasteiger partial charge in [0.2, 0.25) is 6.39 Å². The maximum Gasteiger partial charge on any atom is 0.322 e. The Morgan fingerprint density at radius 2 is 2.47 bits per heavy atom. The molecule has 0 saturated heterocycles. The number of carbonyl (C=O) groups is 1. The third-order valence-corrected chi connectivity index (χ3v) is 2.48. The third-order valence-electron chi connectivity index (χ3n) is 2.48. The zero-order valence-electron chi connectivity index (χ0n) is 10.3. The van der Waals surface area contributed by atoms with Crippen molar-refractivity contribution in [1.82, 2.24) is 15.5 Å². The second-order valence-electron chi connectivity index (χ2n) is 3.77. The summed E-state index contributed by atoms with van der Waals surface area (Å²) in [6, 6.07) is -0.244. The van der Waals surface area contributed by atoms with E-state index in [1.165, 1.54) is 13.5 Å². The third kappa shape index (κ3) is 4.95.